The van der Waals surface area contributed by atoms with E-state index in [1.54, 1.807) is 20.9 Å². The molecule has 174 valence electrons. The van der Waals surface area contributed by atoms with Crippen LogP contribution in [-0.4, -0.2) is 0 Å². The van der Waals surface area contributed by atoms with Gasteiger partial charge in [0.2, 0.25) is 5.69 Å². The van der Waals surface area contributed by atoms with Crippen molar-refractivity contribution in [2.75, 3.05) is 0 Å². The maximum atomic E-state index is 9.19. The van der Waals surface area contributed by atoms with Gasteiger partial charge in [0.25, 0.3) is 0 Å². The highest BCUT2D eigenvalue weighted by atomic mass is 16.3. The van der Waals surface area contributed by atoms with Gasteiger partial charge in [0.15, 0.2) is 11.4 Å². The Labute approximate surface area is 214 Å². The Hall–Kier alpha value is -3.90. The summed E-state index contributed by atoms with van der Waals surface area (Å²) >= 11 is 0. The molecule has 0 aliphatic heterocycles. The lowest BCUT2D eigenvalue weighted by Crippen LogP contribution is -2.37. The Morgan fingerprint density at radius 3 is 2.26 bits per heavy atom. The topological polar surface area (TPSA) is 21.4 Å². The van der Waals surface area contributed by atoms with Crippen LogP contribution in [-0.2, 0) is 7.05 Å². The summed E-state index contributed by atoms with van der Waals surface area (Å²) in [6.45, 7) is 14.1. The molecule has 35 heavy (non-hydrogen) atoms. The van der Waals surface area contributed by atoms with Gasteiger partial charge < -0.3 is 4.42 Å². The number of rotatable bonds is 3. The molecular formula is C32H31N2O+. The van der Waals surface area contributed by atoms with Crippen molar-refractivity contribution in [1.29, 1.82) is 0 Å². The smallest absolute Gasteiger partial charge is 0.216 e. The van der Waals surface area contributed by atoms with Crippen LogP contribution in [0.2, 0.25) is 0 Å². The molecule has 0 N–H and O–H groups in total. The number of fused-ring (bicyclic) bond motifs is 3. The predicted molar refractivity (Wildman–Crippen MR) is 145 cm³/mol. The van der Waals surface area contributed by atoms with Crippen molar-refractivity contribution in [3.8, 4) is 22.4 Å². The van der Waals surface area contributed by atoms with Crippen LogP contribution in [0.3, 0.4) is 0 Å². The Kier molecular flexibility index (Phi) is 4.20. The third kappa shape index (κ3) is 3.53. The zero-order valence-corrected chi connectivity index (χ0v) is 20.9. The van der Waals surface area contributed by atoms with E-state index in [1.165, 1.54) is 6.92 Å². The molecule has 5 rings (SSSR count). The van der Waals surface area contributed by atoms with Crippen molar-refractivity contribution < 1.29 is 15.8 Å². The lowest BCUT2D eigenvalue weighted by atomic mass is 9.93. The normalized spacial score (nSPS) is 15.6. The zero-order valence-electron chi connectivity index (χ0n) is 25.9. The number of furan rings is 1. The summed E-state index contributed by atoms with van der Waals surface area (Å²) in [5, 5.41) is 1.74. The molecule has 1 atom stereocenters. The van der Waals surface area contributed by atoms with Gasteiger partial charge in [-0.15, -0.1) is 0 Å². The highest BCUT2D eigenvalue weighted by Crippen LogP contribution is 2.44. The molecule has 3 aromatic carbocycles. The molecule has 0 radical (unpaired) electrons. The lowest BCUT2D eigenvalue weighted by Gasteiger charge is -2.15. The van der Waals surface area contributed by atoms with Crippen LogP contribution in [0.15, 0.2) is 59.0 Å². The van der Waals surface area contributed by atoms with E-state index in [1.807, 2.05) is 66.9 Å². The molecule has 0 saturated heterocycles. The largest absolute Gasteiger partial charge is 0.456 e. The second kappa shape index (κ2) is 8.40. The van der Waals surface area contributed by atoms with Gasteiger partial charge in [0.05, 0.1) is 13.5 Å². The first-order valence-corrected chi connectivity index (χ1v) is 11.6. The molecule has 0 fully saturated rings. The number of hydrogen-bond acceptors (Lipinski definition) is 1. The minimum absolute atomic E-state index is 0.155. The van der Waals surface area contributed by atoms with Crippen molar-refractivity contribution in [2.45, 2.75) is 47.4 Å². The van der Waals surface area contributed by atoms with Crippen LogP contribution < -0.4 is 4.57 Å². The lowest BCUT2D eigenvalue weighted by molar-refractivity contribution is -0.667. The summed E-state index contributed by atoms with van der Waals surface area (Å²) in [5.41, 5.74) is 8.08. The molecule has 0 spiro atoms. The molecule has 3 nitrogen and oxygen atoms in total. The van der Waals surface area contributed by atoms with E-state index in [0.29, 0.717) is 39.4 Å². The summed E-state index contributed by atoms with van der Waals surface area (Å²) in [4.78, 5) is 3.78. The third-order valence-corrected chi connectivity index (χ3v) is 6.95. The van der Waals surface area contributed by atoms with Gasteiger partial charge in [-0.05, 0) is 43.4 Å². The number of benzene rings is 3. The second-order valence-electron chi connectivity index (χ2n) is 9.29. The van der Waals surface area contributed by atoms with E-state index in [-0.39, 0.29) is 6.04 Å². The first-order valence-electron chi connectivity index (χ1n) is 14.1. The second-order valence-corrected chi connectivity index (χ2v) is 9.29. The van der Waals surface area contributed by atoms with E-state index in [0.717, 1.165) is 38.6 Å². The number of aromatic nitrogens is 1. The molecule has 0 amide bonds. The maximum Gasteiger partial charge on any atom is 0.216 e. The van der Waals surface area contributed by atoms with Gasteiger partial charge in [-0.2, -0.15) is 4.57 Å². The predicted octanol–water partition coefficient (Wildman–Crippen LogP) is 8.65. The third-order valence-electron chi connectivity index (χ3n) is 6.95. The Morgan fingerprint density at radius 1 is 0.943 bits per heavy atom. The monoisotopic (exact) mass is 464 g/mol. The first kappa shape index (κ1) is 17.5. The number of pyridine rings is 1. The number of aryl methyl sites for hydroxylation is 2. The molecule has 5 aromatic rings. The molecule has 0 aliphatic rings. The molecule has 2 aromatic heterocycles. The van der Waals surface area contributed by atoms with Crippen molar-refractivity contribution in [3.05, 3.63) is 93.9 Å². The van der Waals surface area contributed by atoms with Crippen LogP contribution in [0.4, 0.5) is 5.69 Å². The number of nitrogens with zero attached hydrogens (tertiary/aromatic N) is 2. The van der Waals surface area contributed by atoms with Gasteiger partial charge in [0, 0.05) is 40.3 Å². The Bertz CT molecular complexity index is 1840. The summed E-state index contributed by atoms with van der Waals surface area (Å²) in [5.74, 6) is -1.88. The van der Waals surface area contributed by atoms with Crippen LogP contribution in [0.25, 0.3) is 49.2 Å². The standard InChI is InChI=1S/C32H31N2O/c1-18(2)28-21(5)17-27(34(8)22(28)6)29-20(4)11-14-24-25-15-16-26(33-7)30(32(25)35-31(24)29)23-12-9-19(3)10-13-23/h9-18H,1-6,8H3/q+1/i1D3,17D,18D. The quantitative estimate of drug-likeness (QED) is 0.193. The summed E-state index contributed by atoms with van der Waals surface area (Å²) in [6.07, 6.45) is 0. The van der Waals surface area contributed by atoms with Gasteiger partial charge in [-0.25, -0.2) is 4.85 Å². The van der Waals surface area contributed by atoms with Crippen LogP contribution in [0, 0.1) is 34.3 Å². The summed E-state index contributed by atoms with van der Waals surface area (Å²) in [7, 11) is 1.80. The minimum atomic E-state index is -2.56. The molecular weight excluding hydrogens is 428 g/mol. The van der Waals surface area contributed by atoms with Crippen molar-refractivity contribution in [1.82, 2.24) is 0 Å². The fourth-order valence-electron chi connectivity index (χ4n) is 5.09. The Morgan fingerprint density at radius 2 is 1.60 bits per heavy atom. The SMILES string of the molecule is [2H]c1c(C)c(C([2H])(C)C([2H])([2H])[2H])c(C)[n+](C)c1-c1c(C)ccc2c1oc1c(-c3ccc(C)cc3)c([N+]#[C-])ccc12. The fraction of sp³-hybridized carbons (Fsp3) is 0.250. The molecule has 2 heterocycles. The van der Waals surface area contributed by atoms with E-state index >= 15 is 0 Å². The van der Waals surface area contributed by atoms with Crippen molar-refractivity contribution in [2.24, 2.45) is 7.05 Å². The highest BCUT2D eigenvalue weighted by molar-refractivity contribution is 6.15. The molecule has 0 bridgehead atoms. The summed E-state index contributed by atoms with van der Waals surface area (Å²) < 4.78 is 50.4. The molecule has 3 heteroatoms. The Balaban J connectivity index is 1.89. The van der Waals surface area contributed by atoms with Gasteiger partial charge in [-0.1, -0.05) is 67.9 Å². The average Bonchev–Trinajstić information content (AvgIpc) is 3.26. The van der Waals surface area contributed by atoms with Crippen molar-refractivity contribution in [3.63, 3.8) is 0 Å². The first-order chi connectivity index (χ1) is 18.7. The summed E-state index contributed by atoms with van der Waals surface area (Å²) in [6, 6.07) is 15.9. The number of hydrogen-bond donors (Lipinski definition) is 0. The van der Waals surface area contributed by atoms with Gasteiger partial charge in [0.1, 0.15) is 18.2 Å². The molecule has 0 aliphatic carbocycles. The van der Waals surface area contributed by atoms with Crippen LogP contribution in [0.1, 0.15) is 54.5 Å². The van der Waals surface area contributed by atoms with E-state index in [2.05, 4.69) is 4.85 Å². The average molecular weight is 465 g/mol. The zero-order chi connectivity index (χ0) is 29.3. The molecule has 0 saturated carbocycles. The van der Waals surface area contributed by atoms with Gasteiger partial charge >= 0.3 is 0 Å². The van der Waals surface area contributed by atoms with E-state index in [9.17, 15) is 1.37 Å². The van der Waals surface area contributed by atoms with Crippen LogP contribution in [0.5, 0.6) is 0 Å². The van der Waals surface area contributed by atoms with E-state index < -0.39 is 12.7 Å². The van der Waals surface area contributed by atoms with Crippen LogP contribution >= 0.6 is 0 Å². The molecule has 1 unspecified atom stereocenters. The fourth-order valence-corrected chi connectivity index (χ4v) is 5.09. The van der Waals surface area contributed by atoms with Gasteiger partial charge in [-0.3, -0.25) is 0 Å². The minimum Gasteiger partial charge on any atom is -0.456 e. The van der Waals surface area contributed by atoms with Crippen molar-refractivity contribution >= 4 is 27.6 Å². The highest BCUT2D eigenvalue weighted by Gasteiger charge is 2.26. The maximum absolute atomic E-state index is 9.19. The van der Waals surface area contributed by atoms with E-state index in [4.69, 9.17) is 16.5 Å².